The smallest absolute Gasteiger partial charge is 0.220 e. The number of carbonyl (C=O) groups is 1. The Bertz CT molecular complexity index is 1860. The third kappa shape index (κ3) is 46.2. The number of aliphatic hydroxyl groups excluding tert-OH is 5. The van der Waals surface area contributed by atoms with E-state index in [0.29, 0.717) is 12.8 Å². The van der Waals surface area contributed by atoms with E-state index in [0.717, 1.165) is 122 Å². The molecule has 0 aromatic rings. The molecule has 0 radical (unpaired) electrons. The minimum atomic E-state index is -1.59. The van der Waals surface area contributed by atoms with E-state index >= 15 is 0 Å². The van der Waals surface area contributed by atoms with E-state index in [4.69, 9.17) is 9.47 Å². The molecule has 9 nitrogen and oxygen atoms in total. The van der Waals surface area contributed by atoms with Crippen LogP contribution in [0.2, 0.25) is 0 Å². The van der Waals surface area contributed by atoms with E-state index in [1.165, 1.54) is 64.2 Å². The summed E-state index contributed by atoms with van der Waals surface area (Å²) in [7, 11) is 0. The van der Waals surface area contributed by atoms with Crippen molar-refractivity contribution < 1.29 is 39.8 Å². The van der Waals surface area contributed by atoms with Gasteiger partial charge in [-0.1, -0.05) is 255 Å². The van der Waals surface area contributed by atoms with Crippen LogP contribution in [0.5, 0.6) is 0 Å². The highest BCUT2D eigenvalue weighted by Gasteiger charge is 2.44. The van der Waals surface area contributed by atoms with Gasteiger partial charge in [-0.05, 0) is 122 Å². The standard InChI is InChI=1S/C71H113NO8/c1-3-5-7-9-11-13-15-17-19-21-22-23-24-25-26-27-28-29-30-31-32-33-34-35-36-37-38-39-40-41-42-43-44-45-47-49-51-53-55-57-59-61-67(75)72-64(63-79-71-70(78)69(77)68(76)66(62-73)80-71)65(74)60-58-56-54-52-50-48-46-20-18-16-14-12-10-8-6-4-2/h5,7,11,13,17,19,22-23,25-26,28-29,31-32,34-35,37-38,40-41,43-44,47,49-50,52,58,60,64-66,68-71,73-74,76-78H,3-4,6,8-10,12,14-16,18,20-21,24,27,30,33,36,39,42,45-46,48,51,53-57,59,61-63H2,1-2H3,(H,72,75)/b7-5-,13-11-,19-17-,23-22-,26-25-,29-28-,32-31-,35-34-,38-37-,41-40-,44-43-,49-47-,52-50+,60-58+. The van der Waals surface area contributed by atoms with Crippen LogP contribution in [0.3, 0.4) is 0 Å². The first kappa shape index (κ1) is 73.6. The SMILES string of the molecule is CC/C=C\C/C=C\C/C=C\C/C=C\C/C=C\C/C=C\C/C=C\C/C=C\C/C=C\C/C=C\C/C=C\C/C=C\CCCCCCC(=O)NC(COC1OC(CO)C(O)C(O)C1O)C(O)/C=C/CC/C=C/CCCCCCCCCCCC. The van der Waals surface area contributed by atoms with Crippen LogP contribution in [0.1, 0.15) is 213 Å². The molecule has 0 aromatic carbocycles. The van der Waals surface area contributed by atoms with Gasteiger partial charge < -0.3 is 40.3 Å². The van der Waals surface area contributed by atoms with Crippen LogP contribution < -0.4 is 5.32 Å². The second-order valence-corrected chi connectivity index (χ2v) is 20.8. The molecular weight excluding hydrogens is 995 g/mol. The zero-order valence-electron chi connectivity index (χ0n) is 50.0. The van der Waals surface area contributed by atoms with Gasteiger partial charge in [0.05, 0.1) is 25.4 Å². The Balaban J connectivity index is 2.22. The van der Waals surface area contributed by atoms with Gasteiger partial charge in [0.25, 0.3) is 0 Å². The van der Waals surface area contributed by atoms with E-state index in [9.17, 15) is 30.3 Å². The minimum absolute atomic E-state index is 0.219. The summed E-state index contributed by atoms with van der Waals surface area (Å²) in [6.45, 7) is 3.61. The topological polar surface area (TPSA) is 149 Å². The molecule has 1 fully saturated rings. The van der Waals surface area contributed by atoms with Crippen molar-refractivity contribution in [3.8, 4) is 0 Å². The van der Waals surface area contributed by atoms with Crippen LogP contribution in [-0.2, 0) is 14.3 Å². The molecule has 80 heavy (non-hydrogen) atoms. The average Bonchev–Trinajstić information content (AvgIpc) is 3.46. The zero-order valence-corrected chi connectivity index (χ0v) is 50.0. The van der Waals surface area contributed by atoms with Crippen LogP contribution in [0.25, 0.3) is 0 Å². The van der Waals surface area contributed by atoms with E-state index < -0.39 is 49.5 Å². The highest BCUT2D eigenvalue weighted by Crippen LogP contribution is 2.23. The van der Waals surface area contributed by atoms with Crippen LogP contribution >= 0.6 is 0 Å². The minimum Gasteiger partial charge on any atom is -0.394 e. The lowest BCUT2D eigenvalue weighted by Gasteiger charge is -2.40. The Morgan fingerprint density at radius 2 is 0.787 bits per heavy atom. The third-order valence-corrected chi connectivity index (χ3v) is 13.5. The number of aliphatic hydroxyl groups is 5. The van der Waals surface area contributed by atoms with Crippen molar-refractivity contribution in [2.24, 2.45) is 0 Å². The van der Waals surface area contributed by atoms with Gasteiger partial charge in [0.2, 0.25) is 5.91 Å². The highest BCUT2D eigenvalue weighted by molar-refractivity contribution is 5.76. The Morgan fingerprint density at radius 1 is 0.438 bits per heavy atom. The van der Waals surface area contributed by atoms with Crippen LogP contribution in [0, 0.1) is 0 Å². The molecule has 1 amide bonds. The Morgan fingerprint density at radius 3 is 1.20 bits per heavy atom. The van der Waals surface area contributed by atoms with Gasteiger partial charge in [-0.3, -0.25) is 4.79 Å². The number of carbonyl (C=O) groups excluding carboxylic acids is 1. The monoisotopic (exact) mass is 1110 g/mol. The second-order valence-electron chi connectivity index (χ2n) is 20.8. The average molecular weight is 1110 g/mol. The second kappa shape index (κ2) is 57.8. The molecular formula is C71H113NO8. The van der Waals surface area contributed by atoms with Gasteiger partial charge in [-0.25, -0.2) is 0 Å². The van der Waals surface area contributed by atoms with Crippen molar-refractivity contribution >= 4 is 5.91 Å². The molecule has 7 atom stereocenters. The van der Waals surface area contributed by atoms with Crippen molar-refractivity contribution in [3.05, 3.63) is 170 Å². The number of nitrogens with one attached hydrogen (secondary N) is 1. The molecule has 1 heterocycles. The summed E-state index contributed by atoms with van der Waals surface area (Å²) in [5, 5.41) is 54.5. The molecule has 1 aliphatic heterocycles. The van der Waals surface area contributed by atoms with Crippen molar-refractivity contribution in [2.45, 2.75) is 256 Å². The summed E-state index contributed by atoms with van der Waals surface area (Å²) in [5.74, 6) is -0.219. The first-order valence-corrected chi connectivity index (χ1v) is 31.4. The van der Waals surface area contributed by atoms with Crippen LogP contribution in [0.4, 0.5) is 0 Å². The number of hydrogen-bond donors (Lipinski definition) is 6. The van der Waals surface area contributed by atoms with Crippen molar-refractivity contribution in [3.63, 3.8) is 0 Å². The molecule has 7 unspecified atom stereocenters. The molecule has 0 bridgehead atoms. The van der Waals surface area contributed by atoms with Gasteiger partial charge in [-0.2, -0.15) is 0 Å². The largest absolute Gasteiger partial charge is 0.394 e. The Labute approximate surface area is 488 Å². The quantitative estimate of drug-likeness (QED) is 0.0261. The number of unbranched alkanes of at least 4 members (excludes halogenated alkanes) is 15. The molecule has 0 saturated carbocycles. The zero-order chi connectivity index (χ0) is 57.9. The Kier molecular flexibility index (Phi) is 53.1. The first-order valence-electron chi connectivity index (χ1n) is 31.4. The predicted octanol–water partition coefficient (Wildman–Crippen LogP) is 16.6. The fourth-order valence-corrected chi connectivity index (χ4v) is 8.62. The number of rotatable bonds is 51. The Hall–Kier alpha value is -4.45. The lowest BCUT2D eigenvalue weighted by Crippen LogP contribution is -2.60. The molecule has 450 valence electrons. The van der Waals surface area contributed by atoms with Gasteiger partial charge in [0.1, 0.15) is 24.4 Å². The number of amides is 1. The van der Waals surface area contributed by atoms with Crippen LogP contribution in [-0.4, -0.2) is 87.5 Å². The summed E-state index contributed by atoms with van der Waals surface area (Å²) in [5.41, 5.74) is 0. The molecule has 6 N–H and O–H groups in total. The van der Waals surface area contributed by atoms with Gasteiger partial charge in [0.15, 0.2) is 6.29 Å². The third-order valence-electron chi connectivity index (χ3n) is 13.5. The molecule has 1 aliphatic rings. The van der Waals surface area contributed by atoms with Crippen molar-refractivity contribution in [1.29, 1.82) is 0 Å². The van der Waals surface area contributed by atoms with E-state index in [1.54, 1.807) is 6.08 Å². The summed E-state index contributed by atoms with van der Waals surface area (Å²) >= 11 is 0. The lowest BCUT2D eigenvalue weighted by molar-refractivity contribution is -0.302. The highest BCUT2D eigenvalue weighted by atomic mass is 16.7. The van der Waals surface area contributed by atoms with E-state index in [1.807, 2.05) is 6.08 Å². The lowest BCUT2D eigenvalue weighted by atomic mass is 9.99. The maximum Gasteiger partial charge on any atom is 0.220 e. The molecule has 9 heteroatoms. The first-order chi connectivity index (χ1) is 39.3. The predicted molar refractivity (Wildman–Crippen MR) is 340 cm³/mol. The fraction of sp³-hybridized carbons (Fsp3) is 0.592. The van der Waals surface area contributed by atoms with Gasteiger partial charge in [-0.15, -0.1) is 0 Å². The molecule has 0 aromatic heterocycles. The molecule has 0 aliphatic carbocycles. The number of hydrogen-bond acceptors (Lipinski definition) is 8. The van der Waals surface area contributed by atoms with Crippen molar-refractivity contribution in [2.75, 3.05) is 13.2 Å². The van der Waals surface area contributed by atoms with Gasteiger partial charge in [0, 0.05) is 6.42 Å². The van der Waals surface area contributed by atoms with E-state index in [-0.39, 0.29) is 12.5 Å². The van der Waals surface area contributed by atoms with Gasteiger partial charge >= 0.3 is 0 Å². The number of ether oxygens (including phenoxy) is 2. The summed E-state index contributed by atoms with van der Waals surface area (Å²) in [6.07, 6.45) is 85.7. The number of allylic oxidation sites excluding steroid dienone is 27. The summed E-state index contributed by atoms with van der Waals surface area (Å²) in [6, 6.07) is -0.848. The molecule has 1 saturated heterocycles. The fourth-order valence-electron chi connectivity index (χ4n) is 8.62. The maximum atomic E-state index is 13.1. The summed E-state index contributed by atoms with van der Waals surface area (Å²) < 4.78 is 11.2. The maximum absolute atomic E-state index is 13.1. The normalized spacial score (nSPS) is 19.7. The van der Waals surface area contributed by atoms with E-state index in [2.05, 4.69) is 177 Å². The van der Waals surface area contributed by atoms with Crippen LogP contribution in [0.15, 0.2) is 170 Å². The van der Waals surface area contributed by atoms with Crippen molar-refractivity contribution in [1.82, 2.24) is 5.32 Å². The molecule has 0 spiro atoms. The summed E-state index contributed by atoms with van der Waals surface area (Å²) in [4.78, 5) is 13.1. The molecule has 1 rings (SSSR count).